The summed E-state index contributed by atoms with van der Waals surface area (Å²) in [5.41, 5.74) is 0.465. The molecule has 1 heterocycles. The molecule has 19 heavy (non-hydrogen) atoms. The zero-order chi connectivity index (χ0) is 13.8. The van der Waals surface area contributed by atoms with Crippen LogP contribution in [0.25, 0.3) is 0 Å². The summed E-state index contributed by atoms with van der Waals surface area (Å²) in [6.45, 7) is 3.61. The Morgan fingerprint density at radius 1 is 1.42 bits per heavy atom. The fourth-order valence-electron chi connectivity index (χ4n) is 1.31. The Labute approximate surface area is 113 Å². The molecule has 0 amide bonds. The van der Waals surface area contributed by atoms with Crippen LogP contribution in [0.15, 0.2) is 18.2 Å². The van der Waals surface area contributed by atoms with E-state index in [1.165, 1.54) is 12.1 Å². The summed E-state index contributed by atoms with van der Waals surface area (Å²) in [6.07, 6.45) is 0. The van der Waals surface area contributed by atoms with E-state index in [0.29, 0.717) is 11.3 Å². The topological polar surface area (TPSA) is 61.3 Å². The fourth-order valence-corrected chi connectivity index (χ4v) is 1.92. The molecule has 1 aromatic heterocycles. The number of ether oxygens (including phenoxy) is 2. The first-order valence-electron chi connectivity index (χ1n) is 5.54. The molecule has 2 rings (SSSR count). The van der Waals surface area contributed by atoms with Crippen LogP contribution in [0.4, 0.5) is 4.39 Å². The van der Waals surface area contributed by atoms with Gasteiger partial charge < -0.3 is 9.47 Å². The van der Waals surface area contributed by atoms with E-state index >= 15 is 0 Å². The Morgan fingerprint density at radius 2 is 2.21 bits per heavy atom. The van der Waals surface area contributed by atoms with E-state index in [2.05, 4.69) is 10.2 Å². The summed E-state index contributed by atoms with van der Waals surface area (Å²) < 4.78 is 23.3. The van der Waals surface area contributed by atoms with E-state index in [1.54, 1.807) is 19.9 Å². The largest absolute Gasteiger partial charge is 0.461 e. The molecule has 0 saturated heterocycles. The number of halogens is 1. The lowest BCUT2D eigenvalue weighted by Gasteiger charge is -2.02. The maximum absolute atomic E-state index is 13.1. The summed E-state index contributed by atoms with van der Waals surface area (Å²) in [4.78, 5) is 11.4. The lowest BCUT2D eigenvalue weighted by atomic mass is 10.2. The van der Waals surface area contributed by atoms with Gasteiger partial charge in [-0.25, -0.2) is 9.18 Å². The zero-order valence-corrected chi connectivity index (χ0v) is 11.2. The number of rotatable bonds is 4. The molecule has 2 aromatic rings. The molecule has 0 aliphatic rings. The van der Waals surface area contributed by atoms with Crippen molar-refractivity contribution in [3.8, 4) is 10.9 Å². The number of esters is 1. The van der Waals surface area contributed by atoms with E-state index in [9.17, 15) is 9.18 Å². The predicted octanol–water partition coefficient (Wildman–Crippen LogP) is 2.95. The highest BCUT2D eigenvalue weighted by atomic mass is 32.1. The third-order valence-electron chi connectivity index (χ3n) is 2.19. The maximum atomic E-state index is 13.1. The van der Waals surface area contributed by atoms with Crippen LogP contribution >= 0.6 is 11.3 Å². The maximum Gasteiger partial charge on any atom is 0.369 e. The molecule has 0 spiro atoms. The molecule has 1 aromatic carbocycles. The molecule has 0 N–H and O–H groups in total. The number of nitrogens with zero attached hydrogens (tertiary/aromatic N) is 2. The van der Waals surface area contributed by atoms with Crippen LogP contribution in [0.5, 0.6) is 10.9 Å². The molecule has 0 atom stereocenters. The van der Waals surface area contributed by atoms with Crippen LogP contribution in [-0.2, 0) is 4.74 Å². The van der Waals surface area contributed by atoms with Crippen LogP contribution < -0.4 is 4.74 Å². The first kappa shape index (κ1) is 13.4. The Kier molecular flexibility index (Phi) is 4.06. The second-order valence-corrected chi connectivity index (χ2v) is 4.55. The summed E-state index contributed by atoms with van der Waals surface area (Å²) in [5.74, 6) is -0.410. The van der Waals surface area contributed by atoms with Gasteiger partial charge in [0, 0.05) is 0 Å². The van der Waals surface area contributed by atoms with Crippen LogP contribution in [-0.4, -0.2) is 22.8 Å². The van der Waals surface area contributed by atoms with Gasteiger partial charge in [0.25, 0.3) is 5.19 Å². The highest BCUT2D eigenvalue weighted by Crippen LogP contribution is 2.26. The van der Waals surface area contributed by atoms with Crippen molar-refractivity contribution in [3.63, 3.8) is 0 Å². The molecule has 0 saturated carbocycles. The minimum Gasteiger partial charge on any atom is -0.461 e. The number of hydrogen-bond acceptors (Lipinski definition) is 6. The normalized spacial score (nSPS) is 10.3. The van der Waals surface area contributed by atoms with E-state index in [0.717, 1.165) is 11.3 Å². The average molecular weight is 282 g/mol. The first-order chi connectivity index (χ1) is 9.10. The molecule has 0 aliphatic heterocycles. The minimum absolute atomic E-state index is 0.121. The molecule has 0 aliphatic carbocycles. The molecule has 5 nitrogen and oxygen atoms in total. The average Bonchev–Trinajstić information content (AvgIpc) is 2.83. The number of aromatic nitrogens is 2. The number of hydrogen-bond donors (Lipinski definition) is 0. The van der Waals surface area contributed by atoms with Gasteiger partial charge in [-0.05, 0) is 48.9 Å². The first-order valence-corrected chi connectivity index (χ1v) is 6.36. The SMILES string of the molecule is CCOC(=O)c1nnc(Oc2ccc(F)c(C)c2)s1. The smallest absolute Gasteiger partial charge is 0.369 e. The lowest BCUT2D eigenvalue weighted by molar-refractivity contribution is 0.0525. The second-order valence-electron chi connectivity index (χ2n) is 3.61. The summed E-state index contributed by atoms with van der Waals surface area (Å²) in [5, 5.41) is 7.71. The second kappa shape index (κ2) is 5.75. The van der Waals surface area contributed by atoms with Crippen molar-refractivity contribution in [1.82, 2.24) is 10.2 Å². The van der Waals surface area contributed by atoms with Gasteiger partial charge in [0.05, 0.1) is 6.61 Å². The van der Waals surface area contributed by atoms with Crippen LogP contribution in [0.1, 0.15) is 22.3 Å². The standard InChI is InChI=1S/C12H11FN2O3S/c1-3-17-11(16)10-14-15-12(19-10)18-8-4-5-9(13)7(2)6-8/h4-6H,3H2,1-2H3. The fraction of sp³-hybridized carbons (Fsp3) is 0.250. The molecule has 0 radical (unpaired) electrons. The predicted molar refractivity (Wildman–Crippen MR) is 67.1 cm³/mol. The van der Waals surface area contributed by atoms with Gasteiger partial charge in [-0.15, -0.1) is 5.10 Å². The molecule has 0 bridgehead atoms. The van der Waals surface area contributed by atoms with Gasteiger partial charge >= 0.3 is 5.97 Å². The number of aryl methyl sites for hydroxylation is 1. The Bertz CT molecular complexity index is 600. The summed E-state index contributed by atoms with van der Waals surface area (Å²) in [6, 6.07) is 4.33. The van der Waals surface area contributed by atoms with Gasteiger partial charge in [-0.2, -0.15) is 0 Å². The van der Waals surface area contributed by atoms with E-state index < -0.39 is 5.97 Å². The molecule has 0 fully saturated rings. The van der Waals surface area contributed by atoms with Crippen molar-refractivity contribution in [2.45, 2.75) is 13.8 Å². The molecular weight excluding hydrogens is 271 g/mol. The Balaban J connectivity index is 2.11. The molecular formula is C12H11FN2O3S. The van der Waals surface area contributed by atoms with Crippen molar-refractivity contribution < 1.29 is 18.7 Å². The van der Waals surface area contributed by atoms with Gasteiger partial charge in [0.1, 0.15) is 11.6 Å². The monoisotopic (exact) mass is 282 g/mol. The number of carbonyl (C=O) groups is 1. The van der Waals surface area contributed by atoms with Crippen molar-refractivity contribution in [2.75, 3.05) is 6.61 Å². The van der Waals surface area contributed by atoms with Crippen molar-refractivity contribution in [3.05, 3.63) is 34.6 Å². The number of carbonyl (C=O) groups excluding carboxylic acids is 1. The minimum atomic E-state index is -0.537. The number of benzene rings is 1. The van der Waals surface area contributed by atoms with Crippen LogP contribution in [0, 0.1) is 12.7 Å². The van der Waals surface area contributed by atoms with Gasteiger partial charge in [0.15, 0.2) is 0 Å². The quantitative estimate of drug-likeness (QED) is 0.807. The molecule has 7 heteroatoms. The Morgan fingerprint density at radius 3 is 2.89 bits per heavy atom. The van der Waals surface area contributed by atoms with Gasteiger partial charge in [-0.1, -0.05) is 5.10 Å². The van der Waals surface area contributed by atoms with Crippen molar-refractivity contribution >= 4 is 17.3 Å². The highest BCUT2D eigenvalue weighted by molar-refractivity contribution is 7.14. The molecule has 100 valence electrons. The van der Waals surface area contributed by atoms with E-state index in [4.69, 9.17) is 9.47 Å². The summed E-state index contributed by atoms with van der Waals surface area (Å²) >= 11 is 0.973. The van der Waals surface area contributed by atoms with E-state index in [-0.39, 0.29) is 22.6 Å². The van der Waals surface area contributed by atoms with E-state index in [1.807, 2.05) is 0 Å². The third-order valence-corrected chi connectivity index (χ3v) is 2.97. The zero-order valence-electron chi connectivity index (χ0n) is 10.3. The third kappa shape index (κ3) is 3.25. The Hall–Kier alpha value is -2.02. The molecule has 0 unspecified atom stereocenters. The highest BCUT2D eigenvalue weighted by Gasteiger charge is 2.15. The van der Waals surface area contributed by atoms with Crippen LogP contribution in [0.3, 0.4) is 0 Å². The lowest BCUT2D eigenvalue weighted by Crippen LogP contribution is -2.03. The van der Waals surface area contributed by atoms with Crippen molar-refractivity contribution in [1.29, 1.82) is 0 Å². The van der Waals surface area contributed by atoms with Crippen molar-refractivity contribution in [2.24, 2.45) is 0 Å². The summed E-state index contributed by atoms with van der Waals surface area (Å²) in [7, 11) is 0. The van der Waals surface area contributed by atoms with Gasteiger partial charge in [-0.3, -0.25) is 0 Å². The van der Waals surface area contributed by atoms with Crippen LogP contribution in [0.2, 0.25) is 0 Å². The van der Waals surface area contributed by atoms with Gasteiger partial charge in [0.2, 0.25) is 5.01 Å².